The van der Waals surface area contributed by atoms with E-state index in [9.17, 15) is 5.11 Å². The molecule has 0 saturated heterocycles. The maximum atomic E-state index is 9.86. The summed E-state index contributed by atoms with van der Waals surface area (Å²) in [4.78, 5) is 0. The highest BCUT2D eigenvalue weighted by atomic mass is 16.3. The average molecular weight is 170 g/mol. The van der Waals surface area contributed by atoms with Gasteiger partial charge in [0.05, 0.1) is 6.10 Å². The van der Waals surface area contributed by atoms with Crippen molar-refractivity contribution in [3.05, 3.63) is 0 Å². The summed E-state index contributed by atoms with van der Waals surface area (Å²) in [7, 11) is 0. The highest BCUT2D eigenvalue weighted by molar-refractivity contribution is 5.07. The minimum absolute atomic E-state index is 0.119. The zero-order chi connectivity index (χ0) is 8.77. The molecule has 4 atom stereocenters. The molecular formula is C10H18O2. The Morgan fingerprint density at radius 3 is 2.67 bits per heavy atom. The van der Waals surface area contributed by atoms with E-state index in [2.05, 4.69) is 6.92 Å². The average Bonchev–Trinajstić information content (AvgIpc) is 2.09. The van der Waals surface area contributed by atoms with Crippen LogP contribution >= 0.6 is 0 Å². The lowest BCUT2D eigenvalue weighted by molar-refractivity contribution is -0.0628. The van der Waals surface area contributed by atoms with Crippen LogP contribution in [-0.2, 0) is 0 Å². The summed E-state index contributed by atoms with van der Waals surface area (Å²) in [6.45, 7) is 2.46. The SMILES string of the molecule is C[C@@H]1C[C@H](O)[C@@]2(CCO)CC[C@@H]12. The zero-order valence-electron chi connectivity index (χ0n) is 7.66. The molecule has 12 heavy (non-hydrogen) atoms. The number of aliphatic hydroxyl groups excluding tert-OH is 2. The third kappa shape index (κ3) is 0.882. The molecule has 0 aromatic rings. The summed E-state index contributed by atoms with van der Waals surface area (Å²) in [6, 6.07) is 0. The van der Waals surface area contributed by atoms with Crippen LogP contribution in [0.3, 0.4) is 0 Å². The van der Waals surface area contributed by atoms with Crippen LogP contribution in [0.5, 0.6) is 0 Å². The van der Waals surface area contributed by atoms with E-state index in [0.29, 0.717) is 11.8 Å². The standard InChI is InChI=1S/C10H18O2/c1-7-6-9(12)10(4-5-11)3-2-8(7)10/h7-9,11-12H,2-6H2,1H3/t7-,8+,9+,10-/m1/s1. The summed E-state index contributed by atoms with van der Waals surface area (Å²) in [5.41, 5.74) is 0.119. The molecule has 2 fully saturated rings. The van der Waals surface area contributed by atoms with E-state index in [4.69, 9.17) is 5.11 Å². The van der Waals surface area contributed by atoms with Gasteiger partial charge in [-0.25, -0.2) is 0 Å². The predicted octanol–water partition coefficient (Wildman–Crippen LogP) is 1.17. The van der Waals surface area contributed by atoms with E-state index < -0.39 is 0 Å². The third-order valence-corrected chi connectivity index (χ3v) is 4.18. The Morgan fingerprint density at radius 1 is 1.50 bits per heavy atom. The van der Waals surface area contributed by atoms with Crippen molar-refractivity contribution in [1.29, 1.82) is 0 Å². The molecule has 2 rings (SSSR count). The molecule has 2 aliphatic rings. The molecule has 70 valence electrons. The summed E-state index contributed by atoms with van der Waals surface area (Å²) >= 11 is 0. The van der Waals surface area contributed by atoms with Gasteiger partial charge in [-0.15, -0.1) is 0 Å². The fourth-order valence-corrected chi connectivity index (χ4v) is 3.38. The fraction of sp³-hybridized carbons (Fsp3) is 1.00. The van der Waals surface area contributed by atoms with Crippen LogP contribution in [0.25, 0.3) is 0 Å². The van der Waals surface area contributed by atoms with Gasteiger partial charge < -0.3 is 10.2 Å². The van der Waals surface area contributed by atoms with Crippen LogP contribution in [0.15, 0.2) is 0 Å². The maximum absolute atomic E-state index is 9.86. The quantitative estimate of drug-likeness (QED) is 0.653. The number of aliphatic hydroxyl groups is 2. The van der Waals surface area contributed by atoms with Crippen LogP contribution < -0.4 is 0 Å². The molecule has 0 aromatic carbocycles. The van der Waals surface area contributed by atoms with Gasteiger partial charge in [-0.3, -0.25) is 0 Å². The Labute approximate surface area is 73.6 Å². The topological polar surface area (TPSA) is 40.5 Å². The van der Waals surface area contributed by atoms with Gasteiger partial charge in [0.15, 0.2) is 0 Å². The zero-order valence-corrected chi connectivity index (χ0v) is 7.66. The van der Waals surface area contributed by atoms with E-state index >= 15 is 0 Å². The predicted molar refractivity (Wildman–Crippen MR) is 46.6 cm³/mol. The van der Waals surface area contributed by atoms with Crippen molar-refractivity contribution in [3.8, 4) is 0 Å². The van der Waals surface area contributed by atoms with Crippen molar-refractivity contribution in [1.82, 2.24) is 0 Å². The molecular weight excluding hydrogens is 152 g/mol. The Balaban J connectivity index is 2.13. The molecule has 2 N–H and O–H groups in total. The first kappa shape index (κ1) is 8.52. The van der Waals surface area contributed by atoms with Crippen molar-refractivity contribution in [2.75, 3.05) is 6.61 Å². The molecule has 0 unspecified atom stereocenters. The van der Waals surface area contributed by atoms with Crippen molar-refractivity contribution in [3.63, 3.8) is 0 Å². The Morgan fingerprint density at radius 2 is 2.25 bits per heavy atom. The van der Waals surface area contributed by atoms with E-state index in [0.717, 1.165) is 19.3 Å². The molecule has 0 spiro atoms. The second-order valence-electron chi connectivity index (χ2n) is 4.58. The van der Waals surface area contributed by atoms with Crippen LogP contribution in [0.2, 0.25) is 0 Å². The Bertz CT molecular complexity index is 181. The van der Waals surface area contributed by atoms with Gasteiger partial charge in [0, 0.05) is 12.0 Å². The summed E-state index contributed by atoms with van der Waals surface area (Å²) in [5.74, 6) is 1.36. The monoisotopic (exact) mass is 170 g/mol. The maximum Gasteiger partial charge on any atom is 0.0602 e. The number of fused-ring (bicyclic) bond motifs is 1. The molecule has 0 bridgehead atoms. The smallest absolute Gasteiger partial charge is 0.0602 e. The highest BCUT2D eigenvalue weighted by Gasteiger charge is 2.57. The molecule has 2 heteroatoms. The first-order valence-electron chi connectivity index (χ1n) is 4.99. The van der Waals surface area contributed by atoms with Crippen LogP contribution in [0.4, 0.5) is 0 Å². The number of rotatable bonds is 2. The summed E-state index contributed by atoms with van der Waals surface area (Å²) in [6.07, 6.45) is 4.01. The Hall–Kier alpha value is -0.0800. The van der Waals surface area contributed by atoms with Crippen molar-refractivity contribution in [2.45, 2.75) is 38.7 Å². The first-order chi connectivity index (χ1) is 5.70. The first-order valence-corrected chi connectivity index (χ1v) is 4.99. The van der Waals surface area contributed by atoms with Crippen LogP contribution in [-0.4, -0.2) is 22.9 Å². The van der Waals surface area contributed by atoms with Crippen molar-refractivity contribution in [2.24, 2.45) is 17.3 Å². The molecule has 2 saturated carbocycles. The third-order valence-electron chi connectivity index (χ3n) is 4.18. The largest absolute Gasteiger partial charge is 0.396 e. The molecule has 2 aliphatic carbocycles. The fourth-order valence-electron chi connectivity index (χ4n) is 3.38. The van der Waals surface area contributed by atoms with Crippen molar-refractivity contribution >= 4 is 0 Å². The summed E-state index contributed by atoms with van der Waals surface area (Å²) in [5, 5.41) is 18.8. The van der Waals surface area contributed by atoms with E-state index in [1.807, 2.05) is 0 Å². The van der Waals surface area contributed by atoms with Gasteiger partial charge in [-0.2, -0.15) is 0 Å². The van der Waals surface area contributed by atoms with Gasteiger partial charge in [-0.05, 0) is 37.5 Å². The molecule has 0 aliphatic heterocycles. The van der Waals surface area contributed by atoms with E-state index in [1.165, 1.54) is 6.42 Å². The lowest BCUT2D eigenvalue weighted by atomic mass is 9.58. The molecule has 0 radical (unpaired) electrons. The van der Waals surface area contributed by atoms with Crippen molar-refractivity contribution < 1.29 is 10.2 Å². The number of hydrogen-bond donors (Lipinski definition) is 2. The lowest BCUT2D eigenvalue weighted by Gasteiger charge is -2.48. The van der Waals surface area contributed by atoms with E-state index in [-0.39, 0.29) is 18.1 Å². The van der Waals surface area contributed by atoms with Gasteiger partial charge in [0.2, 0.25) is 0 Å². The normalized spacial score (nSPS) is 51.8. The highest BCUT2D eigenvalue weighted by Crippen LogP contribution is 2.61. The van der Waals surface area contributed by atoms with Gasteiger partial charge in [0.1, 0.15) is 0 Å². The number of hydrogen-bond acceptors (Lipinski definition) is 2. The summed E-state index contributed by atoms with van der Waals surface area (Å²) < 4.78 is 0. The second kappa shape index (κ2) is 2.71. The lowest BCUT2D eigenvalue weighted by Crippen LogP contribution is -2.45. The van der Waals surface area contributed by atoms with Crippen LogP contribution in [0, 0.1) is 17.3 Å². The van der Waals surface area contributed by atoms with Gasteiger partial charge >= 0.3 is 0 Å². The molecule has 2 nitrogen and oxygen atoms in total. The van der Waals surface area contributed by atoms with Crippen LogP contribution in [0.1, 0.15) is 32.6 Å². The second-order valence-corrected chi connectivity index (χ2v) is 4.58. The van der Waals surface area contributed by atoms with Gasteiger partial charge in [0.25, 0.3) is 0 Å². The minimum Gasteiger partial charge on any atom is -0.396 e. The molecule has 0 aromatic heterocycles. The van der Waals surface area contributed by atoms with E-state index in [1.54, 1.807) is 0 Å². The minimum atomic E-state index is -0.140. The van der Waals surface area contributed by atoms with Gasteiger partial charge in [-0.1, -0.05) is 6.92 Å². The molecule has 0 amide bonds. The molecule has 0 heterocycles. The Kier molecular flexibility index (Phi) is 1.92.